The van der Waals surface area contributed by atoms with Crippen LogP contribution in [-0.2, 0) is 21.1 Å². The van der Waals surface area contributed by atoms with Gasteiger partial charge in [0.05, 0.1) is 0 Å². The van der Waals surface area contributed by atoms with Gasteiger partial charge in [0, 0.05) is 26.3 Å². The summed E-state index contributed by atoms with van der Waals surface area (Å²) < 4.78 is 4.94. The van der Waals surface area contributed by atoms with Crippen molar-refractivity contribution in [2.45, 2.75) is 33.6 Å². The van der Waals surface area contributed by atoms with Crippen LogP contribution in [0.25, 0.3) is 0 Å². The second-order valence-corrected chi connectivity index (χ2v) is 3.12. The molecule has 0 aliphatic carbocycles. The van der Waals surface area contributed by atoms with Gasteiger partial charge in [-0.25, -0.2) is 0 Å². The maximum absolute atomic E-state index is 10.8. The van der Waals surface area contributed by atoms with Crippen LogP contribution in [0, 0.1) is 0 Å². The molecule has 1 heterocycles. The molecule has 0 N–H and O–H groups in total. The van der Waals surface area contributed by atoms with Gasteiger partial charge in [0.25, 0.3) is 0 Å². The van der Waals surface area contributed by atoms with Crippen molar-refractivity contribution in [1.82, 2.24) is 4.90 Å². The first-order valence-electron chi connectivity index (χ1n) is 5.69. The Morgan fingerprint density at radius 1 is 1.31 bits per heavy atom. The molecule has 0 aromatic heterocycles. The van der Waals surface area contributed by atoms with E-state index in [9.17, 15) is 5.11 Å². The summed E-state index contributed by atoms with van der Waals surface area (Å²) in [6.07, 6.45) is 4.15. The molecule has 16 heavy (non-hydrogen) atoms. The maximum atomic E-state index is 10.8. The number of allylic oxidation sites excluding steroid dienone is 1. The topological polar surface area (TPSA) is 35.5 Å². The molecule has 1 aliphatic rings. The van der Waals surface area contributed by atoms with Gasteiger partial charge < -0.3 is 14.7 Å². The van der Waals surface area contributed by atoms with Gasteiger partial charge in [-0.1, -0.05) is 6.08 Å². The van der Waals surface area contributed by atoms with E-state index >= 15 is 0 Å². The van der Waals surface area contributed by atoms with Crippen LogP contribution in [0.4, 0.5) is 0 Å². The van der Waals surface area contributed by atoms with Gasteiger partial charge in [0.2, 0.25) is 0 Å². The normalized spacial score (nSPS) is 14.5. The Hall–Kier alpha value is 0.403. The first-order chi connectivity index (χ1) is 7.76. The second-order valence-electron chi connectivity index (χ2n) is 3.12. The summed E-state index contributed by atoms with van der Waals surface area (Å²) in [5, 5.41) is 10.8. The quantitative estimate of drug-likeness (QED) is 0.581. The SMILES string of the molecule is C/C=C(\[O-])N(CC)CC.C1CCOC1.[Zn+][Br]. The van der Waals surface area contributed by atoms with Crippen molar-refractivity contribution in [3.8, 4) is 0 Å². The molecular formula is C11H22BrNO2Zn. The Kier molecular flexibility index (Phi) is 18.1. The summed E-state index contributed by atoms with van der Waals surface area (Å²) in [5.74, 6) is 0.125. The van der Waals surface area contributed by atoms with Crippen LogP contribution in [0.2, 0.25) is 0 Å². The molecule has 1 fully saturated rings. The van der Waals surface area contributed by atoms with E-state index in [0.717, 1.165) is 26.3 Å². The average molecular weight is 346 g/mol. The summed E-state index contributed by atoms with van der Waals surface area (Å²) in [6.45, 7) is 9.33. The van der Waals surface area contributed by atoms with Crippen LogP contribution >= 0.6 is 13.6 Å². The molecule has 0 aromatic carbocycles. The van der Waals surface area contributed by atoms with Crippen LogP contribution in [0.5, 0.6) is 0 Å². The Morgan fingerprint density at radius 3 is 1.88 bits per heavy atom. The summed E-state index contributed by atoms with van der Waals surface area (Å²) in [6, 6.07) is 0. The summed E-state index contributed by atoms with van der Waals surface area (Å²) >= 11 is 4.25. The third kappa shape index (κ3) is 10.9. The van der Waals surface area contributed by atoms with Gasteiger partial charge in [-0.05, 0) is 39.5 Å². The van der Waals surface area contributed by atoms with Crippen molar-refractivity contribution < 1.29 is 26.2 Å². The first kappa shape index (κ1) is 18.8. The van der Waals surface area contributed by atoms with Crippen molar-refractivity contribution in [2.75, 3.05) is 26.3 Å². The molecule has 0 unspecified atom stereocenters. The van der Waals surface area contributed by atoms with Gasteiger partial charge >= 0.3 is 30.0 Å². The monoisotopic (exact) mass is 343 g/mol. The number of hydrogen-bond donors (Lipinski definition) is 0. The molecule has 1 aliphatic heterocycles. The summed E-state index contributed by atoms with van der Waals surface area (Å²) in [7, 11) is 0. The molecule has 0 spiro atoms. The van der Waals surface area contributed by atoms with Gasteiger partial charge in [0.1, 0.15) is 0 Å². The fourth-order valence-electron chi connectivity index (χ4n) is 1.23. The molecule has 0 radical (unpaired) electrons. The zero-order chi connectivity index (χ0) is 12.8. The minimum absolute atomic E-state index is 0.125. The van der Waals surface area contributed by atoms with Crippen molar-refractivity contribution in [3.05, 3.63) is 12.0 Å². The fraction of sp³-hybridized carbons (Fsp3) is 0.818. The number of hydrogen-bond acceptors (Lipinski definition) is 3. The zero-order valence-electron chi connectivity index (χ0n) is 10.7. The summed E-state index contributed by atoms with van der Waals surface area (Å²) in [4.78, 5) is 1.78. The van der Waals surface area contributed by atoms with Crippen molar-refractivity contribution >= 4 is 13.6 Å². The molecule has 1 saturated heterocycles. The number of rotatable bonds is 3. The van der Waals surface area contributed by atoms with Crippen molar-refractivity contribution in [3.63, 3.8) is 0 Å². The Bertz CT molecular complexity index is 152. The van der Waals surface area contributed by atoms with Gasteiger partial charge in [-0.2, -0.15) is 0 Å². The third-order valence-corrected chi connectivity index (χ3v) is 2.15. The van der Waals surface area contributed by atoms with Crippen molar-refractivity contribution in [1.29, 1.82) is 0 Å². The second kappa shape index (κ2) is 15.4. The van der Waals surface area contributed by atoms with Gasteiger partial charge in [-0.15, -0.1) is 0 Å². The molecule has 92 valence electrons. The van der Waals surface area contributed by atoms with E-state index in [2.05, 4.69) is 13.6 Å². The Balaban J connectivity index is 0. The van der Waals surface area contributed by atoms with E-state index in [1.807, 2.05) is 13.8 Å². The standard InChI is InChI=1S/C7H15NO.C4H8O.BrH.Zn/c1-4-7(9)8(5-2)6-3;1-2-4-5-3-1;;/h4,9H,5-6H2,1-3H3;1-4H2;1H;/q;;;+2/p-2/b7-4-;;;. The summed E-state index contributed by atoms with van der Waals surface area (Å²) in [5.41, 5.74) is 0. The van der Waals surface area contributed by atoms with Crippen LogP contribution < -0.4 is 5.11 Å². The molecule has 0 amide bonds. The average Bonchev–Trinajstić information content (AvgIpc) is 2.92. The van der Waals surface area contributed by atoms with Gasteiger partial charge in [0.15, 0.2) is 0 Å². The third-order valence-electron chi connectivity index (χ3n) is 2.15. The molecule has 0 atom stereocenters. The van der Waals surface area contributed by atoms with Gasteiger partial charge in [-0.3, -0.25) is 0 Å². The van der Waals surface area contributed by atoms with E-state index in [4.69, 9.17) is 4.74 Å². The molecule has 0 bridgehead atoms. The first-order valence-corrected chi connectivity index (χ1v) is 12.6. The van der Waals surface area contributed by atoms with E-state index in [1.165, 1.54) is 29.2 Å². The van der Waals surface area contributed by atoms with E-state index < -0.39 is 0 Å². The number of nitrogens with zero attached hydrogens (tertiary/aromatic N) is 1. The minimum atomic E-state index is 0.125. The molecule has 0 saturated carbocycles. The van der Waals surface area contributed by atoms with Crippen LogP contribution in [0.3, 0.4) is 0 Å². The molecule has 1 rings (SSSR count). The Labute approximate surface area is 116 Å². The number of ether oxygens (including phenoxy) is 1. The fourth-order valence-corrected chi connectivity index (χ4v) is 1.23. The van der Waals surface area contributed by atoms with E-state index in [0.29, 0.717) is 0 Å². The molecule has 0 aromatic rings. The number of halogens is 1. The van der Waals surface area contributed by atoms with Crippen LogP contribution in [0.1, 0.15) is 33.6 Å². The van der Waals surface area contributed by atoms with E-state index in [-0.39, 0.29) is 5.88 Å². The molecule has 5 heteroatoms. The van der Waals surface area contributed by atoms with E-state index in [1.54, 1.807) is 17.9 Å². The predicted molar refractivity (Wildman–Crippen MR) is 65.7 cm³/mol. The molecular weight excluding hydrogens is 323 g/mol. The predicted octanol–water partition coefficient (Wildman–Crippen LogP) is 2.19. The van der Waals surface area contributed by atoms with Crippen molar-refractivity contribution in [2.24, 2.45) is 0 Å². The zero-order valence-corrected chi connectivity index (χ0v) is 15.2. The Morgan fingerprint density at radius 2 is 1.75 bits per heavy atom. The van der Waals surface area contributed by atoms with Crippen LogP contribution in [-0.4, -0.2) is 31.2 Å². The van der Waals surface area contributed by atoms with Crippen LogP contribution in [0.15, 0.2) is 12.0 Å². The molecule has 3 nitrogen and oxygen atoms in total.